The van der Waals surface area contributed by atoms with Crippen molar-refractivity contribution < 1.29 is 9.47 Å². The highest BCUT2D eigenvalue weighted by atomic mass is 32.2. The van der Waals surface area contributed by atoms with Crippen molar-refractivity contribution in [3.63, 3.8) is 0 Å². The number of nitrogens with one attached hydrogen (secondary N) is 2. The molecule has 0 aliphatic carbocycles. The number of thiocarbonyl (C=S) groups is 1. The van der Waals surface area contributed by atoms with E-state index in [2.05, 4.69) is 24.5 Å². The predicted octanol–water partition coefficient (Wildman–Crippen LogP) is 4.65. The highest BCUT2D eigenvalue weighted by Crippen LogP contribution is 2.18. The molecule has 1 aromatic rings. The predicted molar refractivity (Wildman–Crippen MR) is 115 cm³/mol. The molecule has 0 aromatic heterocycles. The molecule has 0 bridgehead atoms. The van der Waals surface area contributed by atoms with Gasteiger partial charge in [0.15, 0.2) is 5.11 Å². The molecule has 0 amide bonds. The monoisotopic (exact) mass is 397 g/mol. The van der Waals surface area contributed by atoms with Crippen LogP contribution in [0, 0.1) is 16.6 Å². The van der Waals surface area contributed by atoms with Crippen molar-refractivity contribution in [2.45, 2.75) is 39.0 Å². The van der Waals surface area contributed by atoms with Crippen LogP contribution in [0.2, 0.25) is 0 Å². The van der Waals surface area contributed by atoms with E-state index in [-0.39, 0.29) is 0 Å². The Kier molecular flexibility index (Phi) is 16.2. The molecule has 1 aromatic carbocycles. The van der Waals surface area contributed by atoms with Crippen molar-refractivity contribution in [3.05, 3.63) is 24.3 Å². The number of anilines is 1. The van der Waals surface area contributed by atoms with Crippen molar-refractivity contribution in [2.24, 2.45) is 5.92 Å². The van der Waals surface area contributed by atoms with Crippen LogP contribution in [0.25, 0.3) is 0 Å². The van der Waals surface area contributed by atoms with Crippen LogP contribution in [0.4, 0.5) is 5.69 Å². The number of nitrogens with zero attached hydrogens (tertiary/aromatic N) is 1. The summed E-state index contributed by atoms with van der Waals surface area (Å²) in [5.41, 5.74) is 0.884. The highest BCUT2D eigenvalue weighted by molar-refractivity contribution is 8.03. The van der Waals surface area contributed by atoms with Crippen molar-refractivity contribution in [1.29, 1.82) is 5.26 Å². The fourth-order valence-electron chi connectivity index (χ4n) is 1.71. The Morgan fingerprint density at radius 3 is 2.31 bits per heavy atom. The van der Waals surface area contributed by atoms with Gasteiger partial charge in [-0.2, -0.15) is 5.26 Å². The van der Waals surface area contributed by atoms with E-state index in [1.54, 1.807) is 0 Å². The molecule has 0 unspecified atom stereocenters. The summed E-state index contributed by atoms with van der Waals surface area (Å²) in [5, 5.41) is 17.4. The molecule has 146 valence electrons. The number of thiocyanates is 1. The molecule has 7 heteroatoms. The Labute approximate surface area is 167 Å². The zero-order valence-electron chi connectivity index (χ0n) is 16.2. The average Bonchev–Trinajstić information content (AvgIpc) is 2.63. The van der Waals surface area contributed by atoms with Crippen LogP contribution >= 0.6 is 24.0 Å². The smallest absolute Gasteiger partial charge is 0.170 e. The van der Waals surface area contributed by atoms with E-state index in [1.165, 1.54) is 0 Å². The van der Waals surface area contributed by atoms with Gasteiger partial charge in [0.05, 0.1) is 19.8 Å². The molecule has 2 N–H and O–H groups in total. The van der Waals surface area contributed by atoms with Crippen molar-refractivity contribution in [3.8, 4) is 5.40 Å². The summed E-state index contributed by atoms with van der Waals surface area (Å²) in [6.07, 6.45) is 1.08. The van der Waals surface area contributed by atoms with Crippen molar-refractivity contribution in [1.82, 2.24) is 5.32 Å². The van der Waals surface area contributed by atoms with Crippen LogP contribution in [-0.4, -0.2) is 38.1 Å². The third-order valence-corrected chi connectivity index (χ3v) is 3.86. The number of hydrogen-bond donors (Lipinski definition) is 2. The molecule has 0 saturated heterocycles. The largest absolute Gasteiger partial charge is 0.379 e. The number of hydrogen-bond acceptors (Lipinski definition) is 5. The standard InChI is InChI=1S/C17H25N3O2S2.C2H6/c1-14(2)7-9-21-11-12-22-10-8-19-17(23)20-15-3-5-16(6-4-15)24-13-18;1-2/h3-6,14H,7-12H2,1-2H3,(H2,19,20,23);1-2H3. The fourth-order valence-corrected chi connectivity index (χ4v) is 2.31. The van der Waals surface area contributed by atoms with E-state index in [9.17, 15) is 0 Å². The summed E-state index contributed by atoms with van der Waals surface area (Å²) < 4.78 is 10.9. The maximum Gasteiger partial charge on any atom is 0.170 e. The zero-order valence-corrected chi connectivity index (χ0v) is 17.8. The lowest BCUT2D eigenvalue weighted by Crippen LogP contribution is -2.31. The van der Waals surface area contributed by atoms with Gasteiger partial charge in [-0.05, 0) is 60.6 Å². The third-order valence-electron chi connectivity index (χ3n) is 3.02. The highest BCUT2D eigenvalue weighted by Gasteiger charge is 1.99. The van der Waals surface area contributed by atoms with Gasteiger partial charge in [-0.25, -0.2) is 0 Å². The zero-order chi connectivity index (χ0) is 19.6. The van der Waals surface area contributed by atoms with E-state index in [0.29, 0.717) is 37.4 Å². The second kappa shape index (κ2) is 17.1. The van der Waals surface area contributed by atoms with E-state index < -0.39 is 0 Å². The molecular formula is C19H31N3O2S2. The summed E-state index contributed by atoms with van der Waals surface area (Å²) in [6, 6.07) is 7.53. The molecule has 0 radical (unpaired) electrons. The second-order valence-corrected chi connectivity index (χ2v) is 6.77. The SMILES string of the molecule is CC.CC(C)CCOCCOCCNC(=S)Nc1ccc(SC#N)cc1. The minimum atomic E-state index is 0.549. The van der Waals surface area contributed by atoms with E-state index >= 15 is 0 Å². The van der Waals surface area contributed by atoms with Gasteiger partial charge in [-0.15, -0.1) is 0 Å². The Morgan fingerprint density at radius 2 is 1.73 bits per heavy atom. The number of ether oxygens (including phenoxy) is 2. The maximum atomic E-state index is 8.60. The van der Waals surface area contributed by atoms with Crippen LogP contribution in [0.1, 0.15) is 34.1 Å². The molecule has 0 heterocycles. The Morgan fingerprint density at radius 1 is 1.12 bits per heavy atom. The summed E-state index contributed by atoms with van der Waals surface area (Å²) in [7, 11) is 0. The van der Waals surface area contributed by atoms with Gasteiger partial charge in [-0.1, -0.05) is 27.7 Å². The number of thioether (sulfide) groups is 1. The minimum Gasteiger partial charge on any atom is -0.379 e. The normalized spacial score (nSPS) is 9.85. The Bertz CT molecular complexity index is 517. The number of rotatable bonds is 11. The lowest BCUT2D eigenvalue weighted by molar-refractivity contribution is 0.0460. The first-order valence-corrected chi connectivity index (χ1v) is 10.2. The van der Waals surface area contributed by atoms with Crippen LogP contribution < -0.4 is 10.6 Å². The van der Waals surface area contributed by atoms with Crippen molar-refractivity contribution >= 4 is 34.8 Å². The lowest BCUT2D eigenvalue weighted by Gasteiger charge is -2.11. The molecule has 0 aliphatic heterocycles. The first-order chi connectivity index (χ1) is 12.6. The molecule has 26 heavy (non-hydrogen) atoms. The molecule has 1 rings (SSSR count). The number of nitriles is 1. The molecule has 0 spiro atoms. The van der Waals surface area contributed by atoms with Gasteiger partial charge in [0.1, 0.15) is 5.40 Å². The van der Waals surface area contributed by atoms with Gasteiger partial charge in [0, 0.05) is 23.7 Å². The van der Waals surface area contributed by atoms with E-state index in [1.807, 2.05) is 43.5 Å². The van der Waals surface area contributed by atoms with Gasteiger partial charge in [0.25, 0.3) is 0 Å². The first-order valence-electron chi connectivity index (χ1n) is 8.98. The van der Waals surface area contributed by atoms with Crippen LogP contribution in [0.5, 0.6) is 0 Å². The molecule has 0 atom stereocenters. The molecule has 0 saturated carbocycles. The second-order valence-electron chi connectivity index (χ2n) is 5.51. The van der Waals surface area contributed by atoms with Crippen molar-refractivity contribution in [2.75, 3.05) is 38.3 Å². The topological polar surface area (TPSA) is 66.3 Å². The van der Waals surface area contributed by atoms with E-state index in [4.69, 9.17) is 27.0 Å². The van der Waals surface area contributed by atoms with Crippen LogP contribution in [0.15, 0.2) is 29.2 Å². The third kappa shape index (κ3) is 13.9. The Balaban J connectivity index is 0.00000301. The summed E-state index contributed by atoms with van der Waals surface area (Å²) >= 11 is 6.35. The average molecular weight is 398 g/mol. The first kappa shape index (κ1) is 24.7. The fraction of sp³-hybridized carbons (Fsp3) is 0.579. The quantitative estimate of drug-likeness (QED) is 0.244. The van der Waals surface area contributed by atoms with E-state index in [0.717, 1.165) is 35.4 Å². The molecular weight excluding hydrogens is 366 g/mol. The van der Waals surface area contributed by atoms with Crippen LogP contribution in [-0.2, 0) is 9.47 Å². The maximum absolute atomic E-state index is 8.60. The Hall–Kier alpha value is -1.33. The van der Waals surface area contributed by atoms with Gasteiger partial charge in [-0.3, -0.25) is 0 Å². The lowest BCUT2D eigenvalue weighted by atomic mass is 10.1. The molecule has 0 aliphatic rings. The van der Waals surface area contributed by atoms with Gasteiger partial charge in [0.2, 0.25) is 0 Å². The molecule has 0 fully saturated rings. The number of benzene rings is 1. The van der Waals surface area contributed by atoms with Crippen LogP contribution in [0.3, 0.4) is 0 Å². The van der Waals surface area contributed by atoms with Gasteiger partial charge < -0.3 is 20.1 Å². The van der Waals surface area contributed by atoms with Gasteiger partial charge >= 0.3 is 0 Å². The summed E-state index contributed by atoms with van der Waals surface area (Å²) in [5.74, 6) is 0.671. The summed E-state index contributed by atoms with van der Waals surface area (Å²) in [4.78, 5) is 0.908. The molecule has 5 nitrogen and oxygen atoms in total. The minimum absolute atomic E-state index is 0.549. The summed E-state index contributed by atoms with van der Waals surface area (Å²) in [6.45, 7) is 11.6.